The predicted octanol–water partition coefficient (Wildman–Crippen LogP) is 4.28. The van der Waals surface area contributed by atoms with Crippen molar-refractivity contribution in [1.82, 2.24) is 20.0 Å². The molecule has 0 aliphatic heterocycles. The number of benzene rings is 2. The summed E-state index contributed by atoms with van der Waals surface area (Å²) in [6, 6.07) is 16.4. The number of aryl methyl sites for hydroxylation is 1. The van der Waals surface area contributed by atoms with E-state index in [2.05, 4.69) is 34.5 Å². The Kier molecular flexibility index (Phi) is 7.60. The fraction of sp³-hybridized carbons (Fsp3) is 0.304. The van der Waals surface area contributed by atoms with Crippen LogP contribution in [0.1, 0.15) is 33.6 Å². The van der Waals surface area contributed by atoms with Crippen molar-refractivity contribution >= 4 is 17.5 Å². The van der Waals surface area contributed by atoms with Gasteiger partial charge in [-0.1, -0.05) is 54.1 Å². The van der Waals surface area contributed by atoms with Crippen molar-refractivity contribution in [2.45, 2.75) is 26.4 Å². The molecule has 0 aliphatic rings. The van der Waals surface area contributed by atoms with E-state index in [1.54, 1.807) is 23.7 Å². The number of nitrogens with zero attached hydrogens (tertiary/aromatic N) is 3. The molecule has 0 saturated carbocycles. The predicted molar refractivity (Wildman–Crippen MR) is 117 cm³/mol. The van der Waals surface area contributed by atoms with E-state index in [9.17, 15) is 9.18 Å². The van der Waals surface area contributed by atoms with Crippen molar-refractivity contribution in [2.75, 3.05) is 20.1 Å². The van der Waals surface area contributed by atoms with E-state index in [4.69, 9.17) is 11.6 Å². The van der Waals surface area contributed by atoms with E-state index in [-0.39, 0.29) is 16.9 Å². The maximum atomic E-state index is 13.1. The second-order valence-corrected chi connectivity index (χ2v) is 7.73. The lowest BCUT2D eigenvalue weighted by atomic mass is 10.2. The van der Waals surface area contributed by atoms with Crippen LogP contribution in [0.5, 0.6) is 0 Å². The van der Waals surface area contributed by atoms with Crippen LogP contribution in [-0.2, 0) is 13.1 Å². The summed E-state index contributed by atoms with van der Waals surface area (Å²) in [4.78, 5) is 14.8. The summed E-state index contributed by atoms with van der Waals surface area (Å²) < 4.78 is 14.6. The van der Waals surface area contributed by atoms with Crippen LogP contribution in [0.3, 0.4) is 0 Å². The number of rotatable bonds is 9. The van der Waals surface area contributed by atoms with Crippen LogP contribution >= 0.6 is 11.6 Å². The van der Waals surface area contributed by atoms with E-state index >= 15 is 0 Å². The summed E-state index contributed by atoms with van der Waals surface area (Å²) in [5, 5.41) is 7.59. The first-order valence-electron chi connectivity index (χ1n) is 9.92. The number of aromatic nitrogens is 2. The average Bonchev–Trinajstić information content (AvgIpc) is 3.00. The second kappa shape index (κ2) is 10.4. The Labute approximate surface area is 181 Å². The number of amides is 1. The molecular formula is C23H26ClFN4O. The first-order chi connectivity index (χ1) is 14.4. The molecule has 2 aromatic carbocycles. The van der Waals surface area contributed by atoms with E-state index in [1.807, 2.05) is 18.2 Å². The standard InChI is InChI=1S/C23H26ClFN4O/c1-17-21(22(24)29(27-17)16-19-9-11-20(25)12-10-19)23(30)26-13-6-14-28(2)15-18-7-4-3-5-8-18/h3-5,7-12H,6,13-16H2,1-2H3,(H,26,30). The lowest BCUT2D eigenvalue weighted by Gasteiger charge is -2.16. The van der Waals surface area contributed by atoms with Crippen LogP contribution in [0.15, 0.2) is 54.6 Å². The quantitative estimate of drug-likeness (QED) is 0.517. The Bertz CT molecular complexity index is 973. The number of nitrogens with one attached hydrogen (secondary N) is 1. The minimum Gasteiger partial charge on any atom is -0.352 e. The number of carbonyl (C=O) groups is 1. The molecule has 0 spiro atoms. The van der Waals surface area contributed by atoms with Crippen molar-refractivity contribution in [2.24, 2.45) is 0 Å². The molecule has 0 aliphatic carbocycles. The molecule has 0 atom stereocenters. The number of carbonyl (C=O) groups excluding carboxylic acids is 1. The molecule has 1 amide bonds. The highest BCUT2D eigenvalue weighted by atomic mass is 35.5. The SMILES string of the molecule is Cc1nn(Cc2ccc(F)cc2)c(Cl)c1C(=O)NCCCN(C)Cc1ccccc1. The summed E-state index contributed by atoms with van der Waals surface area (Å²) in [6.45, 7) is 4.42. The van der Waals surface area contributed by atoms with E-state index in [1.165, 1.54) is 17.7 Å². The van der Waals surface area contributed by atoms with E-state index in [0.717, 1.165) is 25.1 Å². The Hall–Kier alpha value is -2.70. The van der Waals surface area contributed by atoms with Crippen molar-refractivity contribution in [3.63, 3.8) is 0 Å². The fourth-order valence-electron chi connectivity index (χ4n) is 3.29. The Balaban J connectivity index is 1.50. The summed E-state index contributed by atoms with van der Waals surface area (Å²) in [6.07, 6.45) is 0.829. The van der Waals surface area contributed by atoms with Gasteiger partial charge in [-0.05, 0) is 50.2 Å². The minimum absolute atomic E-state index is 0.228. The Morgan fingerprint density at radius 3 is 2.53 bits per heavy atom. The van der Waals surface area contributed by atoms with Gasteiger partial charge < -0.3 is 10.2 Å². The van der Waals surface area contributed by atoms with Gasteiger partial charge >= 0.3 is 0 Å². The largest absolute Gasteiger partial charge is 0.352 e. The lowest BCUT2D eigenvalue weighted by Crippen LogP contribution is -2.28. The second-order valence-electron chi connectivity index (χ2n) is 7.37. The number of hydrogen-bond acceptors (Lipinski definition) is 3. The monoisotopic (exact) mass is 428 g/mol. The van der Waals surface area contributed by atoms with Crippen molar-refractivity contribution in [3.05, 3.63) is 88.0 Å². The average molecular weight is 429 g/mol. The van der Waals surface area contributed by atoms with Crippen molar-refractivity contribution < 1.29 is 9.18 Å². The van der Waals surface area contributed by atoms with Crippen LogP contribution in [0.25, 0.3) is 0 Å². The topological polar surface area (TPSA) is 50.2 Å². The molecule has 1 heterocycles. The van der Waals surface area contributed by atoms with Gasteiger partial charge in [0.25, 0.3) is 5.91 Å². The van der Waals surface area contributed by atoms with Gasteiger partial charge in [0.05, 0.1) is 17.8 Å². The van der Waals surface area contributed by atoms with Gasteiger partial charge in [-0.3, -0.25) is 4.79 Å². The molecule has 0 bridgehead atoms. The molecule has 0 fully saturated rings. The van der Waals surface area contributed by atoms with Crippen molar-refractivity contribution in [3.8, 4) is 0 Å². The van der Waals surface area contributed by atoms with Crippen molar-refractivity contribution in [1.29, 1.82) is 0 Å². The highest BCUT2D eigenvalue weighted by molar-refractivity contribution is 6.33. The molecular weight excluding hydrogens is 403 g/mol. The van der Waals surface area contributed by atoms with Gasteiger partial charge in [0.1, 0.15) is 11.0 Å². The molecule has 3 aromatic rings. The molecule has 5 nitrogen and oxygen atoms in total. The van der Waals surface area contributed by atoms with Gasteiger partial charge in [0, 0.05) is 13.1 Å². The van der Waals surface area contributed by atoms with Gasteiger partial charge in [-0.2, -0.15) is 5.10 Å². The molecule has 30 heavy (non-hydrogen) atoms. The minimum atomic E-state index is -0.295. The third kappa shape index (κ3) is 5.90. The molecule has 158 valence electrons. The maximum Gasteiger partial charge on any atom is 0.256 e. The third-order valence-electron chi connectivity index (χ3n) is 4.84. The van der Waals surface area contributed by atoms with Crippen LogP contribution in [0, 0.1) is 12.7 Å². The van der Waals surface area contributed by atoms with Gasteiger partial charge in [0.2, 0.25) is 0 Å². The fourth-order valence-corrected chi connectivity index (χ4v) is 3.61. The molecule has 1 N–H and O–H groups in total. The molecule has 7 heteroatoms. The first-order valence-corrected chi connectivity index (χ1v) is 10.3. The van der Waals surface area contributed by atoms with Crippen LogP contribution < -0.4 is 5.32 Å². The summed E-state index contributed by atoms with van der Waals surface area (Å²) in [5.41, 5.74) is 3.08. The smallest absolute Gasteiger partial charge is 0.256 e. The van der Waals surface area contributed by atoms with Gasteiger partial charge in [-0.15, -0.1) is 0 Å². The van der Waals surface area contributed by atoms with E-state index in [0.29, 0.717) is 24.3 Å². The molecule has 1 aromatic heterocycles. The summed E-state index contributed by atoms with van der Waals surface area (Å²) in [5.74, 6) is -0.524. The molecule has 3 rings (SSSR count). The maximum absolute atomic E-state index is 13.1. The Morgan fingerprint density at radius 1 is 1.13 bits per heavy atom. The third-order valence-corrected chi connectivity index (χ3v) is 5.22. The number of hydrogen-bond donors (Lipinski definition) is 1. The van der Waals surface area contributed by atoms with Gasteiger partial charge in [0.15, 0.2) is 0 Å². The van der Waals surface area contributed by atoms with Crippen LogP contribution in [0.2, 0.25) is 5.15 Å². The first kappa shape index (κ1) is 22.0. The summed E-state index contributed by atoms with van der Waals surface area (Å²) in [7, 11) is 2.06. The zero-order valence-electron chi connectivity index (χ0n) is 17.2. The number of halogens is 2. The van der Waals surface area contributed by atoms with Crippen LogP contribution in [-0.4, -0.2) is 40.7 Å². The molecule has 0 radical (unpaired) electrons. The van der Waals surface area contributed by atoms with Crippen LogP contribution in [0.4, 0.5) is 4.39 Å². The highest BCUT2D eigenvalue weighted by Gasteiger charge is 2.20. The lowest BCUT2D eigenvalue weighted by molar-refractivity contribution is 0.0951. The highest BCUT2D eigenvalue weighted by Crippen LogP contribution is 2.21. The zero-order valence-corrected chi connectivity index (χ0v) is 18.0. The Morgan fingerprint density at radius 2 is 1.83 bits per heavy atom. The summed E-state index contributed by atoms with van der Waals surface area (Å²) >= 11 is 6.42. The van der Waals surface area contributed by atoms with Gasteiger partial charge in [-0.25, -0.2) is 9.07 Å². The molecule has 0 saturated heterocycles. The van der Waals surface area contributed by atoms with E-state index < -0.39 is 0 Å². The zero-order chi connectivity index (χ0) is 21.5. The molecule has 0 unspecified atom stereocenters. The normalized spacial score (nSPS) is 11.1.